The zero-order valence-electron chi connectivity index (χ0n) is 8.04. The molecule has 0 radical (unpaired) electrons. The summed E-state index contributed by atoms with van der Waals surface area (Å²) in [6, 6.07) is 0. The Morgan fingerprint density at radius 1 is 1.46 bits per heavy atom. The minimum absolute atomic E-state index is 0.0787. The number of carbonyl (C=O) groups excluding carboxylic acids is 2. The highest BCUT2D eigenvalue weighted by molar-refractivity contribution is 5.77. The van der Waals surface area contributed by atoms with Crippen LogP contribution in [-0.2, 0) is 9.59 Å². The van der Waals surface area contributed by atoms with Gasteiger partial charge in [0.15, 0.2) is 0 Å². The van der Waals surface area contributed by atoms with E-state index < -0.39 is 0 Å². The van der Waals surface area contributed by atoms with Gasteiger partial charge in [0.05, 0.1) is 5.92 Å². The smallest absolute Gasteiger partial charge is 0.224 e. The van der Waals surface area contributed by atoms with E-state index in [1.165, 1.54) is 19.2 Å². The zero-order chi connectivity index (χ0) is 10.9. The van der Waals surface area contributed by atoms with E-state index >= 15 is 0 Å². The monoisotopic (exact) mass is 184 g/mol. The molecular formula is C9H16N2O2. The molecule has 0 saturated carbocycles. The van der Waals surface area contributed by atoms with E-state index in [2.05, 4.69) is 18.5 Å². The SMILES string of the molecule is C=CC(C)C(N)=O.C=CNC(C)=O. The van der Waals surface area contributed by atoms with Gasteiger partial charge in [-0.3, -0.25) is 9.59 Å². The maximum atomic E-state index is 10.1. The molecule has 0 spiro atoms. The molecule has 2 amide bonds. The molecule has 0 saturated heterocycles. The molecule has 1 atom stereocenters. The van der Waals surface area contributed by atoms with E-state index in [0.29, 0.717) is 0 Å². The molecule has 0 aromatic rings. The van der Waals surface area contributed by atoms with Gasteiger partial charge in [0.25, 0.3) is 0 Å². The van der Waals surface area contributed by atoms with Crippen LogP contribution in [0.1, 0.15) is 13.8 Å². The molecule has 4 nitrogen and oxygen atoms in total. The number of nitrogens with one attached hydrogen (secondary N) is 1. The normalized spacial score (nSPS) is 10.0. The topological polar surface area (TPSA) is 72.2 Å². The van der Waals surface area contributed by atoms with Gasteiger partial charge in [-0.2, -0.15) is 0 Å². The van der Waals surface area contributed by atoms with Crippen molar-refractivity contribution in [1.29, 1.82) is 0 Å². The van der Waals surface area contributed by atoms with Crippen molar-refractivity contribution in [2.45, 2.75) is 13.8 Å². The molecule has 0 heterocycles. The van der Waals surface area contributed by atoms with Crippen molar-refractivity contribution in [2.75, 3.05) is 0 Å². The first-order valence-electron chi connectivity index (χ1n) is 3.75. The van der Waals surface area contributed by atoms with Crippen molar-refractivity contribution in [3.8, 4) is 0 Å². The number of primary amides is 1. The Morgan fingerprint density at radius 3 is 1.92 bits per heavy atom. The second kappa shape index (κ2) is 8.52. The summed E-state index contributed by atoms with van der Waals surface area (Å²) in [7, 11) is 0. The van der Waals surface area contributed by atoms with Crippen LogP contribution in [0.5, 0.6) is 0 Å². The lowest BCUT2D eigenvalue weighted by molar-refractivity contribution is -0.120. The molecule has 74 valence electrons. The van der Waals surface area contributed by atoms with Gasteiger partial charge in [-0.05, 0) is 6.20 Å². The van der Waals surface area contributed by atoms with Crippen molar-refractivity contribution in [3.05, 3.63) is 25.4 Å². The average molecular weight is 184 g/mol. The van der Waals surface area contributed by atoms with Crippen LogP contribution in [0.25, 0.3) is 0 Å². The fraction of sp³-hybridized carbons (Fsp3) is 0.333. The number of carbonyl (C=O) groups is 2. The summed E-state index contributed by atoms with van der Waals surface area (Å²) < 4.78 is 0. The summed E-state index contributed by atoms with van der Waals surface area (Å²) in [5, 5.41) is 2.33. The predicted molar refractivity (Wildman–Crippen MR) is 52.6 cm³/mol. The van der Waals surface area contributed by atoms with Gasteiger partial charge in [0.1, 0.15) is 0 Å². The third-order valence-electron chi connectivity index (χ3n) is 1.11. The Hall–Kier alpha value is -1.58. The van der Waals surface area contributed by atoms with Gasteiger partial charge in [-0.15, -0.1) is 6.58 Å². The summed E-state index contributed by atoms with van der Waals surface area (Å²) in [6.07, 6.45) is 2.87. The Bertz CT molecular complexity index is 200. The molecule has 0 rings (SSSR count). The van der Waals surface area contributed by atoms with Crippen LogP contribution in [0.2, 0.25) is 0 Å². The molecule has 0 fully saturated rings. The fourth-order valence-electron chi connectivity index (χ4n) is 0.260. The molecule has 4 heteroatoms. The molecule has 0 aliphatic rings. The van der Waals surface area contributed by atoms with E-state index in [9.17, 15) is 9.59 Å². The van der Waals surface area contributed by atoms with Crippen molar-refractivity contribution >= 4 is 11.8 Å². The van der Waals surface area contributed by atoms with Crippen molar-refractivity contribution in [2.24, 2.45) is 11.7 Å². The van der Waals surface area contributed by atoms with Crippen molar-refractivity contribution < 1.29 is 9.59 Å². The molecule has 0 aromatic carbocycles. The lowest BCUT2D eigenvalue weighted by Crippen LogP contribution is -2.17. The molecule has 1 unspecified atom stereocenters. The van der Waals surface area contributed by atoms with E-state index in [-0.39, 0.29) is 17.7 Å². The third kappa shape index (κ3) is 13.4. The minimum atomic E-state index is -0.324. The molecule has 0 aromatic heterocycles. The number of hydrogen-bond donors (Lipinski definition) is 2. The first kappa shape index (κ1) is 14.0. The summed E-state index contributed by atoms with van der Waals surface area (Å²) >= 11 is 0. The van der Waals surface area contributed by atoms with Crippen LogP contribution in [0.3, 0.4) is 0 Å². The largest absolute Gasteiger partial charge is 0.369 e. The second-order valence-corrected chi connectivity index (χ2v) is 2.33. The first-order chi connectivity index (χ1) is 5.95. The molecular weight excluding hydrogens is 168 g/mol. The Balaban J connectivity index is 0. The Labute approximate surface area is 78.5 Å². The van der Waals surface area contributed by atoms with Gasteiger partial charge in [0.2, 0.25) is 11.8 Å². The molecule has 0 bridgehead atoms. The number of amides is 2. The van der Waals surface area contributed by atoms with E-state index in [0.717, 1.165) is 0 Å². The van der Waals surface area contributed by atoms with E-state index in [4.69, 9.17) is 5.73 Å². The summed E-state index contributed by atoms with van der Waals surface area (Å²) in [5.41, 5.74) is 4.84. The van der Waals surface area contributed by atoms with Crippen LogP contribution in [0, 0.1) is 5.92 Å². The quantitative estimate of drug-likeness (QED) is 0.629. The zero-order valence-corrected chi connectivity index (χ0v) is 8.04. The second-order valence-electron chi connectivity index (χ2n) is 2.33. The van der Waals surface area contributed by atoms with Crippen LogP contribution in [-0.4, -0.2) is 11.8 Å². The van der Waals surface area contributed by atoms with Crippen molar-refractivity contribution in [1.82, 2.24) is 5.32 Å². The molecule has 0 aliphatic heterocycles. The first-order valence-corrected chi connectivity index (χ1v) is 3.75. The predicted octanol–water partition coefficient (Wildman–Crippen LogP) is 0.560. The molecule has 13 heavy (non-hydrogen) atoms. The highest BCUT2D eigenvalue weighted by Crippen LogP contribution is 1.90. The van der Waals surface area contributed by atoms with Gasteiger partial charge in [-0.25, -0.2) is 0 Å². The standard InChI is InChI=1S/C5H9NO.C4H7NO/c1-3-4(2)5(6)7;1-3-5-4(2)6/h3-4H,1H2,2H3,(H2,6,7);3H,1H2,2H3,(H,5,6). The molecule has 0 aliphatic carbocycles. The number of nitrogens with two attached hydrogens (primary N) is 1. The summed E-state index contributed by atoms with van der Waals surface area (Å²) in [6.45, 7) is 9.79. The highest BCUT2D eigenvalue weighted by Gasteiger charge is 1.99. The Morgan fingerprint density at radius 2 is 1.92 bits per heavy atom. The maximum absolute atomic E-state index is 10.1. The Kier molecular flexibility index (Phi) is 9.15. The number of rotatable bonds is 3. The van der Waals surface area contributed by atoms with Crippen LogP contribution in [0.4, 0.5) is 0 Å². The lowest BCUT2D eigenvalue weighted by atomic mass is 10.2. The lowest BCUT2D eigenvalue weighted by Gasteiger charge is -1.93. The fourth-order valence-corrected chi connectivity index (χ4v) is 0.260. The van der Waals surface area contributed by atoms with Gasteiger partial charge < -0.3 is 11.1 Å². The van der Waals surface area contributed by atoms with Crippen molar-refractivity contribution in [3.63, 3.8) is 0 Å². The third-order valence-corrected chi connectivity index (χ3v) is 1.11. The molecule has 3 N–H and O–H groups in total. The summed E-state index contributed by atoms with van der Waals surface area (Å²) in [5.74, 6) is -0.597. The maximum Gasteiger partial charge on any atom is 0.224 e. The van der Waals surface area contributed by atoms with Crippen LogP contribution >= 0.6 is 0 Å². The summed E-state index contributed by atoms with van der Waals surface area (Å²) in [4.78, 5) is 19.9. The number of hydrogen-bond acceptors (Lipinski definition) is 2. The van der Waals surface area contributed by atoms with Gasteiger partial charge >= 0.3 is 0 Å². The highest BCUT2D eigenvalue weighted by atomic mass is 16.1. The van der Waals surface area contributed by atoms with E-state index in [1.807, 2.05) is 0 Å². The van der Waals surface area contributed by atoms with Gasteiger partial charge in [0, 0.05) is 6.92 Å². The van der Waals surface area contributed by atoms with Crippen LogP contribution in [0.15, 0.2) is 25.4 Å². The van der Waals surface area contributed by atoms with Gasteiger partial charge in [-0.1, -0.05) is 19.6 Å². The van der Waals surface area contributed by atoms with E-state index in [1.54, 1.807) is 6.92 Å². The van der Waals surface area contributed by atoms with Crippen LogP contribution < -0.4 is 11.1 Å². The minimum Gasteiger partial charge on any atom is -0.369 e. The average Bonchev–Trinajstić information content (AvgIpc) is 2.03.